The second kappa shape index (κ2) is 5.46. The summed E-state index contributed by atoms with van der Waals surface area (Å²) in [6, 6.07) is 10.8. The minimum Gasteiger partial charge on any atom is -0.480 e. The number of rotatable bonds is 5. The minimum atomic E-state index is -0.891. The zero-order valence-corrected chi connectivity index (χ0v) is 9.96. The standard InChI is InChI=1S/C13H14N2O3/c1-9(13(16)17)14-8-11-7-12(15-18-11)10-5-3-2-4-6-10/h2-7,9,14H,8H2,1H3,(H,16,17)/t9-/m0/s1. The zero-order valence-electron chi connectivity index (χ0n) is 9.96. The smallest absolute Gasteiger partial charge is 0.320 e. The number of benzene rings is 1. The van der Waals surface area contributed by atoms with Crippen molar-refractivity contribution in [3.05, 3.63) is 42.2 Å². The van der Waals surface area contributed by atoms with Gasteiger partial charge in [-0.3, -0.25) is 10.1 Å². The number of nitrogens with zero attached hydrogens (tertiary/aromatic N) is 1. The lowest BCUT2D eigenvalue weighted by molar-refractivity contribution is -0.139. The largest absolute Gasteiger partial charge is 0.480 e. The molecule has 1 atom stereocenters. The molecule has 2 aromatic rings. The Labute approximate surface area is 104 Å². The first-order chi connectivity index (χ1) is 8.66. The molecule has 0 bridgehead atoms. The molecule has 0 amide bonds. The summed E-state index contributed by atoms with van der Waals surface area (Å²) in [6.45, 7) is 1.92. The molecule has 5 heteroatoms. The SMILES string of the molecule is C[C@H](NCc1cc(-c2ccccc2)no1)C(=O)O. The van der Waals surface area contributed by atoms with Crippen molar-refractivity contribution < 1.29 is 14.4 Å². The highest BCUT2D eigenvalue weighted by molar-refractivity contribution is 5.72. The van der Waals surface area contributed by atoms with Gasteiger partial charge in [-0.15, -0.1) is 0 Å². The second-order valence-corrected chi connectivity index (χ2v) is 3.99. The molecule has 1 heterocycles. The number of hydrogen-bond acceptors (Lipinski definition) is 4. The quantitative estimate of drug-likeness (QED) is 0.842. The first-order valence-electron chi connectivity index (χ1n) is 5.64. The van der Waals surface area contributed by atoms with E-state index in [2.05, 4.69) is 10.5 Å². The fourth-order valence-corrected chi connectivity index (χ4v) is 1.48. The van der Waals surface area contributed by atoms with Crippen molar-refractivity contribution in [2.45, 2.75) is 19.5 Å². The van der Waals surface area contributed by atoms with Gasteiger partial charge in [0.2, 0.25) is 0 Å². The van der Waals surface area contributed by atoms with Crippen molar-refractivity contribution in [1.29, 1.82) is 0 Å². The Hall–Kier alpha value is -2.14. The molecule has 1 aromatic heterocycles. The van der Waals surface area contributed by atoms with Crippen molar-refractivity contribution in [3.63, 3.8) is 0 Å². The summed E-state index contributed by atoms with van der Waals surface area (Å²) in [5, 5.41) is 15.5. The second-order valence-electron chi connectivity index (χ2n) is 3.99. The van der Waals surface area contributed by atoms with Gasteiger partial charge in [-0.05, 0) is 6.92 Å². The van der Waals surface area contributed by atoms with Gasteiger partial charge in [0.15, 0.2) is 5.76 Å². The fraction of sp³-hybridized carbons (Fsp3) is 0.231. The first kappa shape index (κ1) is 12.3. The van der Waals surface area contributed by atoms with Crippen LogP contribution in [0.5, 0.6) is 0 Å². The molecular formula is C13H14N2O3. The Morgan fingerprint density at radius 3 is 2.83 bits per heavy atom. The highest BCUT2D eigenvalue weighted by Crippen LogP contribution is 2.18. The molecule has 0 radical (unpaired) electrons. The molecule has 0 aliphatic rings. The van der Waals surface area contributed by atoms with Gasteiger partial charge in [0.05, 0.1) is 6.54 Å². The highest BCUT2D eigenvalue weighted by atomic mass is 16.5. The zero-order chi connectivity index (χ0) is 13.0. The van der Waals surface area contributed by atoms with Crippen molar-refractivity contribution in [2.24, 2.45) is 0 Å². The van der Waals surface area contributed by atoms with E-state index in [9.17, 15) is 4.79 Å². The van der Waals surface area contributed by atoms with Crippen LogP contribution in [-0.4, -0.2) is 22.3 Å². The van der Waals surface area contributed by atoms with E-state index in [-0.39, 0.29) is 0 Å². The molecule has 0 fully saturated rings. The van der Waals surface area contributed by atoms with Crippen molar-refractivity contribution in [3.8, 4) is 11.3 Å². The lowest BCUT2D eigenvalue weighted by atomic mass is 10.1. The van der Waals surface area contributed by atoms with Crippen LogP contribution in [0.1, 0.15) is 12.7 Å². The monoisotopic (exact) mass is 246 g/mol. The molecule has 2 N–H and O–H groups in total. The minimum absolute atomic E-state index is 0.341. The van der Waals surface area contributed by atoms with Crippen LogP contribution < -0.4 is 5.32 Å². The third-order valence-corrected chi connectivity index (χ3v) is 2.58. The average molecular weight is 246 g/mol. The molecule has 2 rings (SSSR count). The van der Waals surface area contributed by atoms with E-state index in [4.69, 9.17) is 9.63 Å². The van der Waals surface area contributed by atoms with Crippen LogP contribution in [0.3, 0.4) is 0 Å². The molecule has 0 aliphatic heterocycles. The van der Waals surface area contributed by atoms with Crippen LogP contribution in [0.2, 0.25) is 0 Å². The average Bonchev–Trinajstić information content (AvgIpc) is 2.85. The van der Waals surface area contributed by atoms with E-state index in [0.717, 1.165) is 11.3 Å². The summed E-state index contributed by atoms with van der Waals surface area (Å²) < 4.78 is 5.14. The summed E-state index contributed by atoms with van der Waals surface area (Å²) in [5.41, 5.74) is 1.72. The van der Waals surface area contributed by atoms with E-state index < -0.39 is 12.0 Å². The highest BCUT2D eigenvalue weighted by Gasteiger charge is 2.11. The maximum Gasteiger partial charge on any atom is 0.320 e. The molecule has 0 saturated carbocycles. The Kier molecular flexibility index (Phi) is 3.74. The van der Waals surface area contributed by atoms with Gasteiger partial charge in [0.1, 0.15) is 11.7 Å². The first-order valence-corrected chi connectivity index (χ1v) is 5.64. The Morgan fingerprint density at radius 2 is 2.17 bits per heavy atom. The third kappa shape index (κ3) is 2.95. The maximum atomic E-state index is 10.6. The third-order valence-electron chi connectivity index (χ3n) is 2.58. The molecular weight excluding hydrogens is 232 g/mol. The summed E-state index contributed by atoms with van der Waals surface area (Å²) >= 11 is 0. The van der Waals surface area contributed by atoms with E-state index in [0.29, 0.717) is 12.3 Å². The number of nitrogens with one attached hydrogen (secondary N) is 1. The number of carboxylic acid groups (broad SMARTS) is 1. The van der Waals surface area contributed by atoms with Gasteiger partial charge in [0.25, 0.3) is 0 Å². The number of carbonyl (C=O) groups is 1. The molecule has 94 valence electrons. The van der Waals surface area contributed by atoms with Crippen molar-refractivity contribution in [1.82, 2.24) is 10.5 Å². The molecule has 1 aromatic carbocycles. The molecule has 0 saturated heterocycles. The number of aliphatic carboxylic acids is 1. The van der Waals surface area contributed by atoms with Gasteiger partial charge in [-0.25, -0.2) is 0 Å². The van der Waals surface area contributed by atoms with Gasteiger partial charge in [-0.2, -0.15) is 0 Å². The summed E-state index contributed by atoms with van der Waals surface area (Å²) in [4.78, 5) is 10.6. The molecule has 0 aliphatic carbocycles. The van der Waals surface area contributed by atoms with Crippen molar-refractivity contribution in [2.75, 3.05) is 0 Å². The predicted molar refractivity (Wildman–Crippen MR) is 65.9 cm³/mol. The van der Waals surface area contributed by atoms with Crippen LogP contribution in [0.15, 0.2) is 40.9 Å². The van der Waals surface area contributed by atoms with Gasteiger partial charge in [-0.1, -0.05) is 35.5 Å². The molecule has 0 spiro atoms. The topological polar surface area (TPSA) is 75.4 Å². The number of carboxylic acids is 1. The lowest BCUT2D eigenvalue weighted by Crippen LogP contribution is -2.32. The van der Waals surface area contributed by atoms with Crippen LogP contribution in [0.25, 0.3) is 11.3 Å². The molecule has 0 unspecified atom stereocenters. The molecule has 18 heavy (non-hydrogen) atoms. The summed E-state index contributed by atoms with van der Waals surface area (Å²) in [6.07, 6.45) is 0. The predicted octanol–water partition coefficient (Wildman–Crippen LogP) is 1.90. The van der Waals surface area contributed by atoms with Crippen LogP contribution in [-0.2, 0) is 11.3 Å². The van der Waals surface area contributed by atoms with Gasteiger partial charge < -0.3 is 9.63 Å². The van der Waals surface area contributed by atoms with Crippen LogP contribution in [0.4, 0.5) is 0 Å². The Bertz CT molecular complexity index is 522. The lowest BCUT2D eigenvalue weighted by Gasteiger charge is -2.05. The van der Waals surface area contributed by atoms with E-state index in [1.807, 2.05) is 30.3 Å². The van der Waals surface area contributed by atoms with E-state index >= 15 is 0 Å². The van der Waals surface area contributed by atoms with E-state index in [1.165, 1.54) is 0 Å². The number of aromatic nitrogens is 1. The van der Waals surface area contributed by atoms with Crippen molar-refractivity contribution >= 4 is 5.97 Å². The fourth-order valence-electron chi connectivity index (χ4n) is 1.48. The Balaban J connectivity index is 2.01. The Morgan fingerprint density at radius 1 is 1.44 bits per heavy atom. The summed E-state index contributed by atoms with van der Waals surface area (Å²) in [5.74, 6) is -0.278. The summed E-state index contributed by atoms with van der Waals surface area (Å²) in [7, 11) is 0. The van der Waals surface area contributed by atoms with E-state index in [1.54, 1.807) is 13.0 Å². The number of hydrogen-bond donors (Lipinski definition) is 2. The molecule has 5 nitrogen and oxygen atoms in total. The van der Waals surface area contributed by atoms with Gasteiger partial charge in [0, 0.05) is 11.6 Å². The maximum absolute atomic E-state index is 10.6. The van der Waals surface area contributed by atoms with Gasteiger partial charge >= 0.3 is 5.97 Å². The van der Waals surface area contributed by atoms with Crippen LogP contribution in [0, 0.1) is 0 Å². The normalized spacial score (nSPS) is 12.3. The van der Waals surface area contributed by atoms with Crippen LogP contribution >= 0.6 is 0 Å².